The molecule has 0 bridgehead atoms. The van der Waals surface area contributed by atoms with E-state index in [1.807, 2.05) is 0 Å². The standard InChI is InChI=1S/C13H27Br/c1-3-5-6-7-8-9-10-12-13(14)11-4-2/h13H,3-12H2,1-2H3. The quantitative estimate of drug-likeness (QED) is 0.351. The molecule has 0 fully saturated rings. The average molecular weight is 263 g/mol. The molecule has 0 amide bonds. The van der Waals surface area contributed by atoms with Crippen molar-refractivity contribution in [1.29, 1.82) is 0 Å². The number of halogens is 1. The summed E-state index contributed by atoms with van der Waals surface area (Å²) in [6.07, 6.45) is 14.0. The summed E-state index contributed by atoms with van der Waals surface area (Å²) in [7, 11) is 0. The number of hydrogen-bond acceptors (Lipinski definition) is 0. The molecule has 86 valence electrons. The van der Waals surface area contributed by atoms with E-state index in [1.54, 1.807) is 0 Å². The zero-order valence-electron chi connectivity index (χ0n) is 10.0. The maximum Gasteiger partial charge on any atom is 0.0145 e. The summed E-state index contributed by atoms with van der Waals surface area (Å²) < 4.78 is 0. The van der Waals surface area contributed by atoms with Crippen LogP contribution < -0.4 is 0 Å². The van der Waals surface area contributed by atoms with E-state index in [1.165, 1.54) is 64.2 Å². The average Bonchev–Trinajstić information content (AvgIpc) is 2.17. The van der Waals surface area contributed by atoms with Gasteiger partial charge in [-0.25, -0.2) is 0 Å². The zero-order chi connectivity index (χ0) is 10.6. The Balaban J connectivity index is 2.98. The third-order valence-corrected chi connectivity index (χ3v) is 3.64. The second-order valence-electron chi connectivity index (χ2n) is 4.30. The molecule has 0 radical (unpaired) electrons. The van der Waals surface area contributed by atoms with Gasteiger partial charge in [-0.15, -0.1) is 0 Å². The fraction of sp³-hybridized carbons (Fsp3) is 1.00. The summed E-state index contributed by atoms with van der Waals surface area (Å²) in [6, 6.07) is 0. The fourth-order valence-corrected chi connectivity index (χ4v) is 2.56. The molecule has 0 saturated heterocycles. The minimum atomic E-state index is 0.781. The SMILES string of the molecule is CCCCCCCCCC(Br)CCC. The van der Waals surface area contributed by atoms with Crippen molar-refractivity contribution in [2.75, 3.05) is 0 Å². The largest absolute Gasteiger partial charge is 0.0891 e. The molecule has 0 spiro atoms. The monoisotopic (exact) mass is 262 g/mol. The topological polar surface area (TPSA) is 0 Å². The van der Waals surface area contributed by atoms with E-state index in [9.17, 15) is 0 Å². The zero-order valence-corrected chi connectivity index (χ0v) is 11.6. The van der Waals surface area contributed by atoms with Crippen molar-refractivity contribution in [3.8, 4) is 0 Å². The minimum Gasteiger partial charge on any atom is -0.0891 e. The predicted octanol–water partition coefficient (Wildman–Crippen LogP) is 5.69. The first kappa shape index (κ1) is 14.5. The summed E-state index contributed by atoms with van der Waals surface area (Å²) in [4.78, 5) is 0.781. The fourth-order valence-electron chi connectivity index (χ4n) is 1.78. The molecule has 0 aromatic carbocycles. The van der Waals surface area contributed by atoms with Crippen LogP contribution in [0, 0.1) is 0 Å². The van der Waals surface area contributed by atoms with Gasteiger partial charge in [0.25, 0.3) is 0 Å². The van der Waals surface area contributed by atoms with E-state index in [0.29, 0.717) is 0 Å². The van der Waals surface area contributed by atoms with Crippen molar-refractivity contribution in [3.63, 3.8) is 0 Å². The maximum absolute atomic E-state index is 3.73. The molecule has 1 heteroatoms. The highest BCUT2D eigenvalue weighted by molar-refractivity contribution is 9.09. The van der Waals surface area contributed by atoms with Crippen molar-refractivity contribution in [2.24, 2.45) is 0 Å². The van der Waals surface area contributed by atoms with Gasteiger partial charge in [0.15, 0.2) is 0 Å². The summed E-state index contributed by atoms with van der Waals surface area (Å²) >= 11 is 3.73. The van der Waals surface area contributed by atoms with Crippen LogP contribution in [-0.4, -0.2) is 4.83 Å². The van der Waals surface area contributed by atoms with E-state index >= 15 is 0 Å². The Hall–Kier alpha value is 0.480. The smallest absolute Gasteiger partial charge is 0.0145 e. The molecule has 0 aromatic heterocycles. The Bertz CT molecular complexity index is 101. The van der Waals surface area contributed by atoms with Crippen LogP contribution in [0.4, 0.5) is 0 Å². The third-order valence-electron chi connectivity index (χ3n) is 2.72. The molecule has 0 heterocycles. The van der Waals surface area contributed by atoms with Crippen LogP contribution >= 0.6 is 15.9 Å². The van der Waals surface area contributed by atoms with Crippen LogP contribution in [0.5, 0.6) is 0 Å². The summed E-state index contributed by atoms with van der Waals surface area (Å²) in [5.41, 5.74) is 0. The first-order valence-electron chi connectivity index (χ1n) is 6.45. The van der Waals surface area contributed by atoms with Gasteiger partial charge in [-0.3, -0.25) is 0 Å². The molecule has 0 nitrogen and oxygen atoms in total. The highest BCUT2D eigenvalue weighted by Gasteiger charge is 2.01. The van der Waals surface area contributed by atoms with Crippen molar-refractivity contribution < 1.29 is 0 Å². The van der Waals surface area contributed by atoms with Crippen LogP contribution in [0.1, 0.15) is 78.1 Å². The molecular weight excluding hydrogens is 236 g/mol. The van der Waals surface area contributed by atoms with Gasteiger partial charge in [0.1, 0.15) is 0 Å². The van der Waals surface area contributed by atoms with Crippen LogP contribution in [0.2, 0.25) is 0 Å². The van der Waals surface area contributed by atoms with Crippen LogP contribution in [0.25, 0.3) is 0 Å². The van der Waals surface area contributed by atoms with Gasteiger partial charge in [-0.1, -0.05) is 81.1 Å². The Morgan fingerprint density at radius 3 is 1.86 bits per heavy atom. The van der Waals surface area contributed by atoms with E-state index in [2.05, 4.69) is 29.8 Å². The lowest BCUT2D eigenvalue weighted by molar-refractivity contribution is 0.562. The van der Waals surface area contributed by atoms with E-state index in [-0.39, 0.29) is 0 Å². The molecule has 0 aliphatic rings. The van der Waals surface area contributed by atoms with E-state index < -0.39 is 0 Å². The third kappa shape index (κ3) is 10.6. The van der Waals surface area contributed by atoms with Gasteiger partial charge in [0.05, 0.1) is 0 Å². The van der Waals surface area contributed by atoms with Gasteiger partial charge in [-0.05, 0) is 12.8 Å². The molecule has 0 rings (SSSR count). The predicted molar refractivity (Wildman–Crippen MR) is 70.2 cm³/mol. The molecule has 1 unspecified atom stereocenters. The minimum absolute atomic E-state index is 0.781. The first-order valence-corrected chi connectivity index (χ1v) is 7.36. The second-order valence-corrected chi connectivity index (χ2v) is 5.59. The Morgan fingerprint density at radius 1 is 0.714 bits per heavy atom. The molecule has 0 saturated carbocycles. The van der Waals surface area contributed by atoms with Gasteiger partial charge in [-0.2, -0.15) is 0 Å². The van der Waals surface area contributed by atoms with Gasteiger partial charge >= 0.3 is 0 Å². The molecule has 0 aliphatic carbocycles. The summed E-state index contributed by atoms with van der Waals surface area (Å²) in [5.74, 6) is 0. The molecule has 0 N–H and O–H groups in total. The highest BCUT2D eigenvalue weighted by atomic mass is 79.9. The van der Waals surface area contributed by atoms with E-state index in [0.717, 1.165) is 4.83 Å². The van der Waals surface area contributed by atoms with Crippen molar-refractivity contribution in [1.82, 2.24) is 0 Å². The number of unbranched alkanes of at least 4 members (excludes halogenated alkanes) is 6. The lowest BCUT2D eigenvalue weighted by atomic mass is 10.1. The second kappa shape index (κ2) is 11.6. The van der Waals surface area contributed by atoms with Crippen LogP contribution in [0.3, 0.4) is 0 Å². The maximum atomic E-state index is 3.73. The molecule has 1 atom stereocenters. The van der Waals surface area contributed by atoms with Gasteiger partial charge in [0.2, 0.25) is 0 Å². The molecule has 0 aliphatic heterocycles. The molecule has 0 aromatic rings. The van der Waals surface area contributed by atoms with E-state index in [4.69, 9.17) is 0 Å². The summed E-state index contributed by atoms with van der Waals surface area (Å²) in [5, 5.41) is 0. The summed E-state index contributed by atoms with van der Waals surface area (Å²) in [6.45, 7) is 4.54. The number of rotatable bonds is 10. The van der Waals surface area contributed by atoms with Crippen molar-refractivity contribution in [2.45, 2.75) is 82.9 Å². The molecule has 14 heavy (non-hydrogen) atoms. The lowest BCUT2D eigenvalue weighted by Crippen LogP contribution is -1.96. The number of alkyl halides is 1. The first-order chi connectivity index (χ1) is 6.81. The Morgan fingerprint density at radius 2 is 1.29 bits per heavy atom. The van der Waals surface area contributed by atoms with Gasteiger partial charge < -0.3 is 0 Å². The van der Waals surface area contributed by atoms with Gasteiger partial charge in [0, 0.05) is 4.83 Å². The van der Waals surface area contributed by atoms with Crippen LogP contribution in [0.15, 0.2) is 0 Å². The Labute approximate surface area is 99.0 Å². The lowest BCUT2D eigenvalue weighted by Gasteiger charge is -2.07. The molecular formula is C13H27Br. The highest BCUT2D eigenvalue weighted by Crippen LogP contribution is 2.17. The Kier molecular flexibility index (Phi) is 12.0. The van der Waals surface area contributed by atoms with Crippen molar-refractivity contribution >= 4 is 15.9 Å². The number of hydrogen-bond donors (Lipinski definition) is 0. The van der Waals surface area contributed by atoms with Crippen LogP contribution in [-0.2, 0) is 0 Å². The van der Waals surface area contributed by atoms with Crippen molar-refractivity contribution in [3.05, 3.63) is 0 Å². The normalized spacial score (nSPS) is 13.1.